The minimum absolute atomic E-state index is 0.453. The summed E-state index contributed by atoms with van der Waals surface area (Å²) in [6.45, 7) is 40.2. The summed E-state index contributed by atoms with van der Waals surface area (Å²) in [5, 5.41) is 0. The van der Waals surface area contributed by atoms with Gasteiger partial charge in [-0.2, -0.15) is 0 Å². The van der Waals surface area contributed by atoms with Crippen molar-refractivity contribution in [1.82, 2.24) is 0 Å². The lowest BCUT2D eigenvalue weighted by Crippen LogP contribution is -2.03. The van der Waals surface area contributed by atoms with Crippen molar-refractivity contribution in [2.45, 2.75) is 60.3 Å². The zero-order chi connectivity index (χ0) is 29.7. The number of ether oxygens (including phenoxy) is 2. The minimum atomic E-state index is 0.453. The Labute approximate surface area is 234 Å². The fraction of sp³-hybridized carbons (Fsp3) is 0.400. The number of hydrogen-bond acceptors (Lipinski definition) is 3. The molecule has 0 aliphatic carbocycles. The lowest BCUT2D eigenvalue weighted by Gasteiger charge is -2.15. The summed E-state index contributed by atoms with van der Waals surface area (Å²) in [6.07, 6.45) is 13.8. The highest BCUT2D eigenvalue weighted by atomic mass is 16.5. The normalized spacial score (nSPS) is 12.3. The van der Waals surface area contributed by atoms with Gasteiger partial charge >= 0.3 is 0 Å². The van der Waals surface area contributed by atoms with Crippen molar-refractivity contribution in [2.24, 2.45) is 11.8 Å². The van der Waals surface area contributed by atoms with Crippen LogP contribution < -0.4 is 0 Å². The fourth-order valence-electron chi connectivity index (χ4n) is 3.06. The first-order chi connectivity index (χ1) is 17.9. The molecule has 0 saturated heterocycles. The van der Waals surface area contributed by atoms with Gasteiger partial charge in [0.2, 0.25) is 0 Å². The van der Waals surface area contributed by atoms with Gasteiger partial charge in [-0.15, -0.1) is 0 Å². The van der Waals surface area contributed by atoms with Crippen molar-refractivity contribution >= 4 is 6.29 Å². The molecule has 0 fully saturated rings. The first-order valence-electron chi connectivity index (χ1n) is 13.3. The third kappa shape index (κ3) is 16.6. The van der Waals surface area contributed by atoms with Gasteiger partial charge in [-0.05, 0) is 76.7 Å². The van der Waals surface area contributed by atoms with Crippen LogP contribution in [-0.4, -0.2) is 26.6 Å². The Bertz CT molecular complexity index is 928. The molecule has 1 unspecified atom stereocenters. The van der Waals surface area contributed by atoms with E-state index >= 15 is 0 Å². The van der Waals surface area contributed by atoms with E-state index in [9.17, 15) is 0 Å². The maximum absolute atomic E-state index is 9.06. The minimum Gasteiger partial charge on any atom is -0.491 e. The van der Waals surface area contributed by atoms with Gasteiger partial charge in [-0.25, -0.2) is 0 Å². The van der Waals surface area contributed by atoms with Gasteiger partial charge < -0.3 is 9.47 Å². The van der Waals surface area contributed by atoms with Crippen LogP contribution in [-0.2, 0) is 14.3 Å². The zero-order valence-corrected chi connectivity index (χ0v) is 25.0. The standard InChI is InChI=1S/C32H48O2.C3H4O/c1-13-24(5)32(34-20-19-33-12)22-29(10)28(9)21-31(14-2)30(11)27(8)18-17-26(7)25(6)16-15-23(3)4;1-2-3-4/h17-18,21-23,25H,5,7-11,13-16,19-20H2,1-4,6,12H3;2-3H,1H2/b18-17-,31-21-,32-22+;. The molecule has 210 valence electrons. The van der Waals surface area contributed by atoms with Crippen LogP contribution in [0.4, 0.5) is 0 Å². The average molecular weight is 521 g/mol. The first-order valence-corrected chi connectivity index (χ1v) is 13.3. The van der Waals surface area contributed by atoms with Crippen LogP contribution in [0.1, 0.15) is 60.3 Å². The highest BCUT2D eigenvalue weighted by molar-refractivity contribution is 5.63. The maximum Gasteiger partial charge on any atom is 0.142 e. The van der Waals surface area contributed by atoms with Gasteiger partial charge in [-0.3, -0.25) is 4.79 Å². The average Bonchev–Trinajstić information content (AvgIpc) is 2.91. The second-order valence-electron chi connectivity index (χ2n) is 9.54. The zero-order valence-electron chi connectivity index (χ0n) is 25.0. The van der Waals surface area contributed by atoms with Crippen molar-refractivity contribution in [3.63, 3.8) is 0 Å². The first kappa shape index (κ1) is 37.0. The van der Waals surface area contributed by atoms with Crippen molar-refractivity contribution in [3.8, 4) is 0 Å². The predicted molar refractivity (Wildman–Crippen MR) is 168 cm³/mol. The summed E-state index contributed by atoms with van der Waals surface area (Å²) in [5.74, 6) is 1.87. The number of aldehydes is 1. The van der Waals surface area contributed by atoms with E-state index < -0.39 is 0 Å². The van der Waals surface area contributed by atoms with Crippen LogP contribution in [0.2, 0.25) is 0 Å². The smallest absolute Gasteiger partial charge is 0.142 e. The van der Waals surface area contributed by atoms with E-state index in [1.807, 2.05) is 25.2 Å². The molecular formula is C35H52O3. The molecule has 0 N–H and O–H groups in total. The number of allylic oxidation sites excluding steroid dienone is 12. The van der Waals surface area contributed by atoms with E-state index in [1.165, 1.54) is 12.5 Å². The molecule has 1 atom stereocenters. The summed E-state index contributed by atoms with van der Waals surface area (Å²) >= 11 is 0. The highest BCUT2D eigenvalue weighted by Crippen LogP contribution is 2.26. The van der Waals surface area contributed by atoms with E-state index in [0.717, 1.165) is 58.3 Å². The van der Waals surface area contributed by atoms with Crippen molar-refractivity contribution in [2.75, 3.05) is 20.3 Å². The molecule has 0 aromatic rings. The molecule has 0 radical (unpaired) electrons. The Morgan fingerprint density at radius 1 is 0.816 bits per heavy atom. The molecule has 0 rings (SSSR count). The van der Waals surface area contributed by atoms with Crippen LogP contribution in [0.25, 0.3) is 0 Å². The molecule has 38 heavy (non-hydrogen) atoms. The van der Waals surface area contributed by atoms with Gasteiger partial charge in [0.15, 0.2) is 0 Å². The SMILES string of the molecule is C=C(/C=C(/CC)C(=C)C(=C)/C=C\C(=C)C(C)CCC(C)C)C(=C)/C=C(/OCCOC)C(=C)CC.C=CC=O. The summed E-state index contributed by atoms with van der Waals surface area (Å²) in [5.41, 5.74) is 6.46. The third-order valence-corrected chi connectivity index (χ3v) is 5.95. The Kier molecular flexibility index (Phi) is 21.3. The van der Waals surface area contributed by atoms with Gasteiger partial charge in [0, 0.05) is 7.11 Å². The molecule has 0 bridgehead atoms. The van der Waals surface area contributed by atoms with Crippen LogP contribution >= 0.6 is 0 Å². The third-order valence-electron chi connectivity index (χ3n) is 5.95. The molecule has 0 heterocycles. The fourth-order valence-corrected chi connectivity index (χ4v) is 3.06. The van der Waals surface area contributed by atoms with E-state index in [0.29, 0.717) is 37.1 Å². The number of carbonyl (C=O) groups excluding carboxylic acids is 1. The Morgan fingerprint density at radius 2 is 1.39 bits per heavy atom. The monoisotopic (exact) mass is 520 g/mol. The molecule has 3 heteroatoms. The molecule has 0 aromatic heterocycles. The lowest BCUT2D eigenvalue weighted by atomic mass is 9.91. The van der Waals surface area contributed by atoms with E-state index in [1.54, 1.807) is 7.11 Å². The molecule has 3 nitrogen and oxygen atoms in total. The van der Waals surface area contributed by atoms with E-state index in [-0.39, 0.29) is 0 Å². The highest BCUT2D eigenvalue weighted by Gasteiger charge is 2.09. The van der Waals surface area contributed by atoms with Gasteiger partial charge in [0.1, 0.15) is 18.7 Å². The van der Waals surface area contributed by atoms with Crippen LogP contribution in [0, 0.1) is 11.8 Å². The Morgan fingerprint density at radius 3 is 1.87 bits per heavy atom. The van der Waals surface area contributed by atoms with Crippen LogP contribution in [0.15, 0.2) is 121 Å². The number of hydrogen-bond donors (Lipinski definition) is 0. The van der Waals surface area contributed by atoms with Crippen LogP contribution in [0.5, 0.6) is 0 Å². The molecule has 0 spiro atoms. The van der Waals surface area contributed by atoms with Crippen molar-refractivity contribution in [3.05, 3.63) is 121 Å². The Hall–Kier alpha value is -3.17. The predicted octanol–water partition coefficient (Wildman–Crippen LogP) is 9.62. The molecular weight excluding hydrogens is 468 g/mol. The number of methoxy groups -OCH3 is 1. The van der Waals surface area contributed by atoms with E-state index in [2.05, 4.69) is 79.8 Å². The summed E-state index contributed by atoms with van der Waals surface area (Å²) < 4.78 is 10.9. The molecule has 0 saturated carbocycles. The van der Waals surface area contributed by atoms with Gasteiger partial charge in [0.05, 0.1) is 6.61 Å². The number of rotatable bonds is 19. The topological polar surface area (TPSA) is 35.5 Å². The quantitative estimate of drug-likeness (QED) is 0.0559. The molecule has 0 aliphatic heterocycles. The largest absolute Gasteiger partial charge is 0.491 e. The second kappa shape index (κ2) is 21.9. The summed E-state index contributed by atoms with van der Waals surface area (Å²) in [7, 11) is 1.65. The van der Waals surface area contributed by atoms with Crippen LogP contribution in [0.3, 0.4) is 0 Å². The van der Waals surface area contributed by atoms with E-state index in [4.69, 9.17) is 14.3 Å². The van der Waals surface area contributed by atoms with Gasteiger partial charge in [-0.1, -0.05) is 111 Å². The molecule has 0 aromatic carbocycles. The summed E-state index contributed by atoms with van der Waals surface area (Å²) in [4.78, 5) is 9.06. The van der Waals surface area contributed by atoms with Crippen molar-refractivity contribution in [1.29, 1.82) is 0 Å². The van der Waals surface area contributed by atoms with Gasteiger partial charge in [0.25, 0.3) is 0 Å². The Balaban J connectivity index is 0. The number of carbonyl (C=O) groups is 1. The second-order valence-corrected chi connectivity index (χ2v) is 9.54. The molecule has 0 amide bonds. The maximum atomic E-state index is 9.06. The molecule has 0 aliphatic rings. The summed E-state index contributed by atoms with van der Waals surface area (Å²) in [6, 6.07) is 0. The lowest BCUT2D eigenvalue weighted by molar-refractivity contribution is -0.104. The van der Waals surface area contributed by atoms with Crippen molar-refractivity contribution < 1.29 is 14.3 Å².